The topological polar surface area (TPSA) is 82.7 Å². The van der Waals surface area contributed by atoms with Crippen LogP contribution in [0.15, 0.2) is 18.2 Å². The second kappa shape index (κ2) is 7.11. The van der Waals surface area contributed by atoms with Crippen LogP contribution >= 0.6 is 0 Å². The first-order valence-corrected chi connectivity index (χ1v) is 8.62. The second-order valence-electron chi connectivity index (χ2n) is 6.75. The zero-order chi connectivity index (χ0) is 17.1. The fourth-order valence-electron chi connectivity index (χ4n) is 3.46. The lowest BCUT2D eigenvalue weighted by atomic mass is 9.97. The van der Waals surface area contributed by atoms with E-state index in [1.807, 2.05) is 15.9 Å². The lowest BCUT2D eigenvalue weighted by Gasteiger charge is -2.31. The van der Waals surface area contributed by atoms with E-state index < -0.39 is 0 Å². The quantitative estimate of drug-likeness (QED) is 0.651. The first-order chi connectivity index (χ1) is 11.5. The van der Waals surface area contributed by atoms with Crippen LogP contribution in [-0.4, -0.2) is 47.9 Å². The fourth-order valence-corrected chi connectivity index (χ4v) is 3.46. The molecule has 1 fully saturated rings. The smallest absolute Gasteiger partial charge is 0.219 e. The minimum Gasteiger partial charge on any atom is -0.493 e. The van der Waals surface area contributed by atoms with E-state index in [0.29, 0.717) is 19.1 Å². The highest BCUT2D eigenvalue weighted by Gasteiger charge is 2.22. The molecule has 130 valence electrons. The molecule has 1 aromatic rings. The third kappa shape index (κ3) is 3.80. The Balaban J connectivity index is 1.54. The lowest BCUT2D eigenvalue weighted by Crippen LogP contribution is -2.40. The Hall–Kier alpha value is -2.24. The molecule has 0 spiro atoms. The van der Waals surface area contributed by atoms with Crippen molar-refractivity contribution in [2.24, 2.45) is 11.7 Å². The van der Waals surface area contributed by atoms with Crippen molar-refractivity contribution >= 4 is 11.9 Å². The van der Waals surface area contributed by atoms with Gasteiger partial charge in [-0.25, -0.2) is 0 Å². The molecule has 0 aliphatic carbocycles. The summed E-state index contributed by atoms with van der Waals surface area (Å²) in [5, 5.41) is 7.59. The van der Waals surface area contributed by atoms with Crippen molar-refractivity contribution < 1.29 is 9.53 Å². The molecule has 0 saturated carbocycles. The van der Waals surface area contributed by atoms with Crippen molar-refractivity contribution in [1.82, 2.24) is 9.80 Å². The number of likely N-dealkylation sites (tertiary alicyclic amines) is 1. The molecule has 0 aromatic heterocycles. The number of nitrogens with two attached hydrogens (primary N) is 1. The van der Waals surface area contributed by atoms with Crippen molar-refractivity contribution in [1.29, 1.82) is 5.41 Å². The Morgan fingerprint density at radius 3 is 2.67 bits per heavy atom. The maximum Gasteiger partial charge on any atom is 0.219 e. The average Bonchev–Trinajstić information content (AvgIpc) is 2.59. The van der Waals surface area contributed by atoms with E-state index in [2.05, 4.69) is 12.1 Å². The van der Waals surface area contributed by atoms with E-state index in [1.54, 1.807) is 6.92 Å². The molecule has 2 aliphatic rings. The molecule has 3 N–H and O–H groups in total. The van der Waals surface area contributed by atoms with Gasteiger partial charge in [0.25, 0.3) is 0 Å². The summed E-state index contributed by atoms with van der Waals surface area (Å²) in [5.41, 5.74) is 8.11. The number of rotatable bonds is 3. The van der Waals surface area contributed by atoms with Gasteiger partial charge in [0.05, 0.1) is 6.61 Å². The van der Waals surface area contributed by atoms with Crippen LogP contribution in [0.2, 0.25) is 0 Å². The number of nitrogens with one attached hydrogen (secondary N) is 1. The van der Waals surface area contributed by atoms with Crippen molar-refractivity contribution in [3.05, 3.63) is 29.3 Å². The monoisotopic (exact) mass is 330 g/mol. The van der Waals surface area contributed by atoms with Gasteiger partial charge in [-0.2, -0.15) is 0 Å². The summed E-state index contributed by atoms with van der Waals surface area (Å²) in [6.45, 7) is 5.48. The number of benzene rings is 1. The van der Waals surface area contributed by atoms with E-state index in [-0.39, 0.29) is 11.9 Å². The SMILES string of the molecule is CC(=O)N1CCC(COc2ccc3c(c2)CN(C(=N)N)CC3)CC1. The molecule has 1 aromatic carbocycles. The highest BCUT2D eigenvalue weighted by molar-refractivity contribution is 5.75. The number of guanidine groups is 1. The van der Waals surface area contributed by atoms with Crippen LogP contribution in [0.25, 0.3) is 0 Å². The second-order valence-corrected chi connectivity index (χ2v) is 6.75. The summed E-state index contributed by atoms with van der Waals surface area (Å²) in [7, 11) is 0. The largest absolute Gasteiger partial charge is 0.493 e. The summed E-state index contributed by atoms with van der Waals surface area (Å²) in [6.07, 6.45) is 2.92. The summed E-state index contributed by atoms with van der Waals surface area (Å²) >= 11 is 0. The molecule has 0 atom stereocenters. The minimum atomic E-state index is 0.129. The molecular formula is C18H26N4O2. The van der Waals surface area contributed by atoms with E-state index in [9.17, 15) is 4.79 Å². The Kier molecular flexibility index (Phi) is 4.92. The molecule has 0 unspecified atom stereocenters. The molecule has 0 radical (unpaired) electrons. The Bertz CT molecular complexity index is 623. The first kappa shape index (κ1) is 16.6. The number of carbonyl (C=O) groups excluding carboxylic acids is 1. The molecule has 6 heteroatoms. The highest BCUT2D eigenvalue weighted by Crippen LogP contribution is 2.25. The van der Waals surface area contributed by atoms with Gasteiger partial charge >= 0.3 is 0 Å². The number of fused-ring (bicyclic) bond motifs is 1. The summed E-state index contributed by atoms with van der Waals surface area (Å²) in [4.78, 5) is 15.1. The Morgan fingerprint density at radius 1 is 1.25 bits per heavy atom. The van der Waals surface area contributed by atoms with Gasteiger partial charge in [0.1, 0.15) is 5.75 Å². The van der Waals surface area contributed by atoms with Gasteiger partial charge in [0, 0.05) is 33.1 Å². The third-order valence-corrected chi connectivity index (χ3v) is 5.08. The van der Waals surface area contributed by atoms with Crippen molar-refractivity contribution in [3.63, 3.8) is 0 Å². The highest BCUT2D eigenvalue weighted by atomic mass is 16.5. The van der Waals surface area contributed by atoms with Crippen molar-refractivity contribution in [3.8, 4) is 5.75 Å². The number of hydrogen-bond donors (Lipinski definition) is 2. The maximum absolute atomic E-state index is 11.4. The molecule has 3 rings (SSSR count). The molecular weight excluding hydrogens is 304 g/mol. The van der Waals surface area contributed by atoms with Crippen LogP contribution in [0, 0.1) is 11.3 Å². The first-order valence-electron chi connectivity index (χ1n) is 8.62. The van der Waals surface area contributed by atoms with Gasteiger partial charge in [-0.3, -0.25) is 10.2 Å². The number of amides is 1. The van der Waals surface area contributed by atoms with Crippen LogP contribution in [0.3, 0.4) is 0 Å². The van der Waals surface area contributed by atoms with Crippen LogP contribution in [0.1, 0.15) is 30.9 Å². The molecule has 2 aliphatic heterocycles. The molecule has 1 amide bonds. The van der Waals surface area contributed by atoms with Gasteiger partial charge < -0.3 is 20.3 Å². The van der Waals surface area contributed by atoms with Crippen molar-refractivity contribution in [2.45, 2.75) is 32.7 Å². The number of ether oxygens (including phenoxy) is 1. The Morgan fingerprint density at radius 2 is 2.00 bits per heavy atom. The number of nitrogens with zero attached hydrogens (tertiary/aromatic N) is 2. The van der Waals surface area contributed by atoms with Gasteiger partial charge in [-0.05, 0) is 48.4 Å². The molecule has 1 saturated heterocycles. The fraction of sp³-hybridized carbons (Fsp3) is 0.556. The minimum absolute atomic E-state index is 0.129. The van der Waals surface area contributed by atoms with E-state index in [4.69, 9.17) is 15.9 Å². The van der Waals surface area contributed by atoms with Crippen LogP contribution in [0.4, 0.5) is 0 Å². The predicted octanol–water partition coefficient (Wildman–Crippen LogP) is 1.58. The van der Waals surface area contributed by atoms with E-state index in [1.165, 1.54) is 11.1 Å². The molecule has 2 heterocycles. The van der Waals surface area contributed by atoms with Crippen LogP contribution in [0.5, 0.6) is 5.75 Å². The normalized spacial score (nSPS) is 18.2. The maximum atomic E-state index is 11.4. The summed E-state index contributed by atoms with van der Waals surface area (Å²) in [6, 6.07) is 6.24. The third-order valence-electron chi connectivity index (χ3n) is 5.08. The van der Waals surface area contributed by atoms with E-state index in [0.717, 1.165) is 44.6 Å². The Labute approximate surface area is 143 Å². The standard InChI is InChI=1S/C18H26N4O2/c1-13(23)21-7-4-14(5-8-21)12-24-17-3-2-15-6-9-22(18(19)20)11-16(15)10-17/h2-3,10,14H,4-9,11-12H2,1H3,(H3,19,20). The number of carbonyl (C=O) groups is 1. The molecule has 6 nitrogen and oxygen atoms in total. The molecule has 0 bridgehead atoms. The summed E-state index contributed by atoms with van der Waals surface area (Å²) in [5.74, 6) is 1.68. The zero-order valence-electron chi connectivity index (χ0n) is 14.3. The van der Waals surface area contributed by atoms with Gasteiger partial charge in [-0.1, -0.05) is 6.07 Å². The van der Waals surface area contributed by atoms with Crippen LogP contribution < -0.4 is 10.5 Å². The number of hydrogen-bond acceptors (Lipinski definition) is 3. The van der Waals surface area contributed by atoms with Gasteiger partial charge in [0.2, 0.25) is 5.91 Å². The molecule has 24 heavy (non-hydrogen) atoms. The summed E-state index contributed by atoms with van der Waals surface area (Å²) < 4.78 is 6.00. The zero-order valence-corrected chi connectivity index (χ0v) is 14.3. The number of piperidine rings is 1. The lowest BCUT2D eigenvalue weighted by molar-refractivity contribution is -0.130. The predicted molar refractivity (Wildman–Crippen MR) is 92.9 cm³/mol. The van der Waals surface area contributed by atoms with E-state index >= 15 is 0 Å². The van der Waals surface area contributed by atoms with Gasteiger partial charge in [0.15, 0.2) is 5.96 Å². The average molecular weight is 330 g/mol. The van der Waals surface area contributed by atoms with Crippen molar-refractivity contribution in [2.75, 3.05) is 26.2 Å². The van der Waals surface area contributed by atoms with Crippen LogP contribution in [-0.2, 0) is 17.8 Å². The van der Waals surface area contributed by atoms with Gasteiger partial charge in [-0.15, -0.1) is 0 Å².